The summed E-state index contributed by atoms with van der Waals surface area (Å²) in [5.74, 6) is 0.291. The van der Waals surface area contributed by atoms with Gasteiger partial charge in [-0.05, 0) is 31.5 Å². The summed E-state index contributed by atoms with van der Waals surface area (Å²) in [6, 6.07) is 4.54. The molecule has 1 unspecified atom stereocenters. The molecule has 4 N–H and O–H groups in total. The van der Waals surface area contributed by atoms with Gasteiger partial charge in [-0.15, -0.1) is 0 Å². The van der Waals surface area contributed by atoms with Crippen molar-refractivity contribution in [2.24, 2.45) is 0 Å². The monoisotopic (exact) mass is 374 g/mol. The van der Waals surface area contributed by atoms with Crippen molar-refractivity contribution in [3.05, 3.63) is 42.6 Å². The Hall–Kier alpha value is -3.26. The van der Waals surface area contributed by atoms with Crippen LogP contribution in [0, 0.1) is 0 Å². The van der Waals surface area contributed by atoms with Gasteiger partial charge in [0.05, 0.1) is 17.9 Å². The number of nitrogens with one attached hydrogen (secondary N) is 2. The van der Waals surface area contributed by atoms with Gasteiger partial charge in [0.2, 0.25) is 5.95 Å². The van der Waals surface area contributed by atoms with Gasteiger partial charge >= 0.3 is 0 Å². The number of hydrogen-bond acceptors (Lipinski definition) is 6. The first kappa shape index (κ1) is 16.9. The fraction of sp³-hybridized carbons (Fsp3) is 0.300. The van der Waals surface area contributed by atoms with E-state index in [4.69, 9.17) is 5.73 Å². The lowest BCUT2D eigenvalue weighted by atomic mass is 10.1. The van der Waals surface area contributed by atoms with Crippen LogP contribution < -0.4 is 11.1 Å². The van der Waals surface area contributed by atoms with Crippen molar-refractivity contribution in [2.45, 2.75) is 25.8 Å². The summed E-state index contributed by atoms with van der Waals surface area (Å²) >= 11 is 0. The topological polar surface area (TPSA) is 110 Å². The number of pyridine rings is 1. The molecule has 28 heavy (non-hydrogen) atoms. The molecule has 5 rings (SSSR count). The number of fused-ring (bicyclic) bond motifs is 1. The fourth-order valence-electron chi connectivity index (χ4n) is 3.76. The van der Waals surface area contributed by atoms with Crippen molar-refractivity contribution in [1.82, 2.24) is 35.0 Å². The maximum absolute atomic E-state index is 5.90. The van der Waals surface area contributed by atoms with E-state index < -0.39 is 0 Å². The highest BCUT2D eigenvalue weighted by Gasteiger charge is 2.18. The maximum atomic E-state index is 5.90. The predicted molar refractivity (Wildman–Crippen MR) is 109 cm³/mol. The minimum Gasteiger partial charge on any atom is -0.368 e. The highest BCUT2D eigenvalue weighted by atomic mass is 15.3. The zero-order valence-corrected chi connectivity index (χ0v) is 15.7. The number of nitrogen functional groups attached to an aromatic ring is 1. The Kier molecular flexibility index (Phi) is 4.05. The van der Waals surface area contributed by atoms with E-state index >= 15 is 0 Å². The number of anilines is 1. The van der Waals surface area contributed by atoms with Gasteiger partial charge in [-0.3, -0.25) is 4.68 Å². The van der Waals surface area contributed by atoms with E-state index in [1.807, 2.05) is 24.7 Å². The standard InChI is InChI=1S/C20H22N8/c1-2-14-6-18(27-20(21)26-14)17-10-24-19-16(17)5-12(7-23-19)13-8-25-28(11-13)15-3-4-22-9-15/h5-8,10-11,15,22H,2-4,9H2,1H3,(H,23,24)(H2,21,26,27). The number of aromatic amines is 1. The highest BCUT2D eigenvalue weighted by molar-refractivity contribution is 5.95. The predicted octanol–water partition coefficient (Wildman–Crippen LogP) is 2.56. The lowest BCUT2D eigenvalue weighted by molar-refractivity contribution is 0.491. The molecule has 142 valence electrons. The van der Waals surface area contributed by atoms with Crippen LogP contribution in [-0.4, -0.2) is 42.8 Å². The average Bonchev–Trinajstić information content (AvgIpc) is 3.46. The van der Waals surface area contributed by atoms with E-state index in [0.717, 1.165) is 65.0 Å². The molecule has 8 nitrogen and oxygen atoms in total. The Balaban J connectivity index is 1.56. The lowest BCUT2D eigenvalue weighted by Crippen LogP contribution is -2.13. The van der Waals surface area contributed by atoms with Gasteiger partial charge in [0.25, 0.3) is 0 Å². The van der Waals surface area contributed by atoms with Gasteiger partial charge in [-0.2, -0.15) is 5.10 Å². The third kappa shape index (κ3) is 2.91. The molecule has 0 aromatic carbocycles. The van der Waals surface area contributed by atoms with Crippen LogP contribution in [0.4, 0.5) is 5.95 Å². The second-order valence-electron chi connectivity index (χ2n) is 7.13. The Labute approximate surface area is 162 Å². The first-order valence-corrected chi connectivity index (χ1v) is 9.57. The molecule has 0 saturated carbocycles. The summed E-state index contributed by atoms with van der Waals surface area (Å²) in [6.45, 7) is 4.06. The number of nitrogens with zero attached hydrogens (tertiary/aromatic N) is 5. The van der Waals surface area contributed by atoms with Gasteiger partial charge in [0.1, 0.15) is 5.65 Å². The molecular formula is C20H22N8. The van der Waals surface area contributed by atoms with Gasteiger partial charge in [0.15, 0.2) is 0 Å². The van der Waals surface area contributed by atoms with Crippen LogP contribution in [0.15, 0.2) is 36.9 Å². The van der Waals surface area contributed by atoms with Crippen molar-refractivity contribution in [3.63, 3.8) is 0 Å². The minimum atomic E-state index is 0.291. The van der Waals surface area contributed by atoms with Crippen LogP contribution in [0.25, 0.3) is 33.4 Å². The molecule has 0 aliphatic carbocycles. The van der Waals surface area contributed by atoms with Crippen LogP contribution in [0.3, 0.4) is 0 Å². The number of aromatic nitrogens is 6. The zero-order valence-electron chi connectivity index (χ0n) is 15.7. The molecule has 0 radical (unpaired) electrons. The molecule has 4 aromatic heterocycles. The van der Waals surface area contributed by atoms with Crippen LogP contribution in [0.5, 0.6) is 0 Å². The van der Waals surface area contributed by atoms with Gasteiger partial charge in [-0.25, -0.2) is 15.0 Å². The van der Waals surface area contributed by atoms with Crippen molar-refractivity contribution in [1.29, 1.82) is 0 Å². The lowest BCUT2D eigenvalue weighted by Gasteiger charge is -2.07. The SMILES string of the molecule is CCc1cc(-c2c[nH]c3ncc(-c4cnn(C5CCNC5)c4)cc23)nc(N)n1. The van der Waals surface area contributed by atoms with Crippen molar-refractivity contribution in [3.8, 4) is 22.4 Å². The van der Waals surface area contributed by atoms with Crippen molar-refractivity contribution >= 4 is 17.0 Å². The highest BCUT2D eigenvalue weighted by Crippen LogP contribution is 2.31. The number of nitrogens with two attached hydrogens (primary N) is 1. The third-order valence-electron chi connectivity index (χ3n) is 5.31. The molecular weight excluding hydrogens is 352 g/mol. The Morgan fingerprint density at radius 2 is 2.14 bits per heavy atom. The van der Waals surface area contributed by atoms with E-state index in [9.17, 15) is 0 Å². The smallest absolute Gasteiger partial charge is 0.220 e. The maximum Gasteiger partial charge on any atom is 0.220 e. The van der Waals surface area contributed by atoms with Crippen LogP contribution in [0.1, 0.15) is 25.1 Å². The van der Waals surface area contributed by atoms with E-state index in [1.165, 1.54) is 0 Å². The molecule has 5 heterocycles. The number of H-pyrrole nitrogens is 1. The Morgan fingerprint density at radius 3 is 2.96 bits per heavy atom. The molecule has 8 heteroatoms. The number of aryl methyl sites for hydroxylation is 1. The van der Waals surface area contributed by atoms with Gasteiger partial charge < -0.3 is 16.0 Å². The molecule has 1 saturated heterocycles. The Bertz CT molecular complexity index is 1140. The summed E-state index contributed by atoms with van der Waals surface area (Å²) < 4.78 is 2.05. The summed E-state index contributed by atoms with van der Waals surface area (Å²) in [7, 11) is 0. The summed E-state index contributed by atoms with van der Waals surface area (Å²) in [6.07, 6.45) is 9.73. The van der Waals surface area contributed by atoms with Crippen LogP contribution in [-0.2, 0) is 6.42 Å². The first-order chi connectivity index (χ1) is 13.7. The summed E-state index contributed by atoms with van der Waals surface area (Å²) in [4.78, 5) is 16.5. The minimum absolute atomic E-state index is 0.291. The van der Waals surface area contributed by atoms with E-state index in [0.29, 0.717) is 12.0 Å². The quantitative estimate of drug-likeness (QED) is 0.506. The van der Waals surface area contributed by atoms with E-state index in [2.05, 4.69) is 54.2 Å². The molecule has 4 aromatic rings. The third-order valence-corrected chi connectivity index (χ3v) is 5.31. The average molecular weight is 374 g/mol. The molecule has 0 spiro atoms. The van der Waals surface area contributed by atoms with Crippen LogP contribution >= 0.6 is 0 Å². The molecule has 1 aliphatic rings. The summed E-state index contributed by atoms with van der Waals surface area (Å²) in [5, 5.41) is 8.95. The largest absolute Gasteiger partial charge is 0.368 e. The molecule has 1 fully saturated rings. The Morgan fingerprint density at radius 1 is 1.21 bits per heavy atom. The van der Waals surface area contributed by atoms with Crippen molar-refractivity contribution in [2.75, 3.05) is 18.8 Å². The molecule has 0 bridgehead atoms. The number of rotatable bonds is 4. The van der Waals surface area contributed by atoms with E-state index in [1.54, 1.807) is 0 Å². The van der Waals surface area contributed by atoms with Crippen molar-refractivity contribution < 1.29 is 0 Å². The van der Waals surface area contributed by atoms with Crippen LogP contribution in [0.2, 0.25) is 0 Å². The first-order valence-electron chi connectivity index (χ1n) is 9.57. The zero-order chi connectivity index (χ0) is 19.1. The normalized spacial score (nSPS) is 16.8. The molecule has 1 atom stereocenters. The summed E-state index contributed by atoms with van der Waals surface area (Å²) in [5.41, 5.74) is 11.5. The van der Waals surface area contributed by atoms with Gasteiger partial charge in [-0.1, -0.05) is 6.92 Å². The molecule has 1 aliphatic heterocycles. The second kappa shape index (κ2) is 6.72. The number of hydrogen-bond donors (Lipinski definition) is 3. The van der Waals surface area contributed by atoms with E-state index in [-0.39, 0.29) is 0 Å². The fourth-order valence-corrected chi connectivity index (χ4v) is 3.76. The van der Waals surface area contributed by atoms with Gasteiger partial charge in [0, 0.05) is 52.9 Å². The second-order valence-corrected chi connectivity index (χ2v) is 7.13. The molecule has 0 amide bonds.